The van der Waals surface area contributed by atoms with Crippen molar-refractivity contribution in [2.45, 2.75) is 20.8 Å². The lowest BCUT2D eigenvalue weighted by Crippen LogP contribution is -2.54. The molecule has 1 aliphatic heterocycles. The predicted molar refractivity (Wildman–Crippen MR) is 138 cm³/mol. The van der Waals surface area contributed by atoms with Crippen molar-refractivity contribution in [1.82, 2.24) is 14.9 Å². The Bertz CT molecular complexity index is 1530. The number of carbonyl (C=O) groups excluding carboxylic acids is 2. The molecule has 2 amide bonds. The third-order valence-corrected chi connectivity index (χ3v) is 6.26. The van der Waals surface area contributed by atoms with Crippen LogP contribution in [0.2, 0.25) is 0 Å². The van der Waals surface area contributed by atoms with Crippen LogP contribution in [-0.4, -0.2) is 26.5 Å². The molecule has 168 valence electrons. The van der Waals surface area contributed by atoms with Crippen molar-refractivity contribution < 1.29 is 9.59 Å². The Kier molecular flexibility index (Phi) is 5.34. The summed E-state index contributed by atoms with van der Waals surface area (Å²) in [6.45, 7) is 5.91. The van der Waals surface area contributed by atoms with E-state index in [1.54, 1.807) is 18.3 Å². The lowest BCUT2D eigenvalue weighted by Gasteiger charge is -2.29. The Morgan fingerprint density at radius 1 is 0.941 bits per heavy atom. The highest BCUT2D eigenvalue weighted by Gasteiger charge is 2.34. The molecule has 0 saturated carbocycles. The van der Waals surface area contributed by atoms with Crippen LogP contribution in [0.25, 0.3) is 22.7 Å². The maximum Gasteiger partial charge on any atom is 0.270 e. The Labute approximate surface area is 202 Å². The van der Waals surface area contributed by atoms with Gasteiger partial charge in [0.2, 0.25) is 0 Å². The predicted octanol–water partition coefficient (Wildman–Crippen LogP) is 4.78. The quantitative estimate of drug-likeness (QED) is 0.268. The third-order valence-electron chi connectivity index (χ3n) is 5.98. The maximum atomic E-state index is 13.4. The fourth-order valence-corrected chi connectivity index (χ4v) is 4.63. The van der Waals surface area contributed by atoms with Crippen LogP contribution in [0.3, 0.4) is 0 Å². The first-order valence-corrected chi connectivity index (χ1v) is 11.3. The zero-order valence-corrected chi connectivity index (χ0v) is 19.8. The van der Waals surface area contributed by atoms with E-state index < -0.39 is 11.8 Å². The number of aromatic nitrogens is 2. The summed E-state index contributed by atoms with van der Waals surface area (Å²) in [6, 6.07) is 19.4. The highest BCUT2D eigenvalue weighted by molar-refractivity contribution is 7.80. The van der Waals surface area contributed by atoms with E-state index in [9.17, 15) is 9.59 Å². The number of nitrogens with zero attached hydrogens (tertiary/aromatic N) is 3. The number of anilines is 1. The highest BCUT2D eigenvalue weighted by atomic mass is 32.1. The topological polar surface area (TPSA) is 67.2 Å². The third kappa shape index (κ3) is 3.70. The van der Waals surface area contributed by atoms with E-state index >= 15 is 0 Å². The summed E-state index contributed by atoms with van der Waals surface area (Å²) in [7, 11) is 0. The summed E-state index contributed by atoms with van der Waals surface area (Å²) in [4.78, 5) is 31.9. The largest absolute Gasteiger partial charge is 0.318 e. The smallest absolute Gasteiger partial charge is 0.270 e. The molecule has 0 bridgehead atoms. The van der Waals surface area contributed by atoms with Gasteiger partial charge in [-0.25, -0.2) is 0 Å². The first-order chi connectivity index (χ1) is 16.3. The molecule has 2 aromatic heterocycles. The normalized spacial score (nSPS) is 15.3. The van der Waals surface area contributed by atoms with E-state index in [4.69, 9.17) is 12.2 Å². The number of thiocarbonyl (C=S) groups is 1. The lowest BCUT2D eigenvalue weighted by molar-refractivity contribution is -0.122. The molecule has 0 spiro atoms. The molecule has 3 heterocycles. The summed E-state index contributed by atoms with van der Waals surface area (Å²) in [5.41, 5.74) is 6.26. The van der Waals surface area contributed by atoms with Crippen molar-refractivity contribution in [3.8, 4) is 5.69 Å². The average molecular weight is 467 g/mol. The van der Waals surface area contributed by atoms with Crippen molar-refractivity contribution >= 4 is 51.8 Å². The van der Waals surface area contributed by atoms with E-state index in [2.05, 4.69) is 20.9 Å². The number of hydrogen-bond donors (Lipinski definition) is 1. The zero-order valence-electron chi connectivity index (χ0n) is 19.0. The van der Waals surface area contributed by atoms with Crippen molar-refractivity contribution in [1.29, 1.82) is 0 Å². The van der Waals surface area contributed by atoms with Crippen LogP contribution < -0.4 is 10.2 Å². The number of nitrogens with one attached hydrogen (secondary N) is 1. The molecule has 1 N–H and O–H groups in total. The maximum absolute atomic E-state index is 13.4. The second-order valence-electron chi connectivity index (χ2n) is 8.34. The second-order valence-corrected chi connectivity index (χ2v) is 8.73. The molecule has 0 radical (unpaired) electrons. The molecule has 5 rings (SSSR count). The molecular weight excluding hydrogens is 444 g/mol. The molecule has 1 aliphatic rings. The molecule has 0 atom stereocenters. The van der Waals surface area contributed by atoms with E-state index in [1.165, 1.54) is 4.90 Å². The minimum Gasteiger partial charge on any atom is -0.318 e. The van der Waals surface area contributed by atoms with Gasteiger partial charge in [-0.05, 0) is 92.7 Å². The number of pyridine rings is 1. The van der Waals surface area contributed by atoms with Crippen molar-refractivity contribution in [2.24, 2.45) is 0 Å². The van der Waals surface area contributed by atoms with Crippen LogP contribution in [0.1, 0.15) is 22.5 Å². The fraction of sp³-hybridized carbons (Fsp3) is 0.111. The number of fused-ring (bicyclic) bond motifs is 1. The van der Waals surface area contributed by atoms with Crippen LogP contribution in [-0.2, 0) is 9.59 Å². The van der Waals surface area contributed by atoms with Gasteiger partial charge in [0.25, 0.3) is 11.8 Å². The molecule has 0 unspecified atom stereocenters. The summed E-state index contributed by atoms with van der Waals surface area (Å²) in [5.74, 6) is -0.943. The van der Waals surface area contributed by atoms with Crippen LogP contribution in [0.4, 0.5) is 5.69 Å². The summed E-state index contributed by atoms with van der Waals surface area (Å²) >= 11 is 5.31. The molecule has 34 heavy (non-hydrogen) atoms. The van der Waals surface area contributed by atoms with Crippen molar-refractivity contribution in [2.75, 3.05) is 4.90 Å². The van der Waals surface area contributed by atoms with E-state index in [1.807, 2.05) is 69.3 Å². The number of benzene rings is 2. The van der Waals surface area contributed by atoms with Gasteiger partial charge in [-0.2, -0.15) is 0 Å². The number of amides is 2. The molecule has 2 aromatic carbocycles. The Hall–Kier alpha value is -4.10. The van der Waals surface area contributed by atoms with Crippen molar-refractivity contribution in [3.63, 3.8) is 0 Å². The molecule has 6 nitrogen and oxygen atoms in total. The van der Waals surface area contributed by atoms with E-state index in [0.717, 1.165) is 39.1 Å². The van der Waals surface area contributed by atoms with Crippen LogP contribution in [0, 0.1) is 20.8 Å². The summed E-state index contributed by atoms with van der Waals surface area (Å²) < 4.78 is 2.10. The van der Waals surface area contributed by atoms with Crippen LogP contribution in [0.5, 0.6) is 0 Å². The monoisotopic (exact) mass is 466 g/mol. The SMILES string of the molecule is Cc1cccc(N2C(=O)/C(=C/c3cc(C)n(-c4ccc5ncccc5c4)c3C)C(=O)NC2=S)c1. The first kappa shape index (κ1) is 21.7. The molecule has 0 aliphatic carbocycles. The number of carbonyl (C=O) groups is 2. The Balaban J connectivity index is 1.57. The molecule has 1 fully saturated rings. The van der Waals surface area contributed by atoms with Gasteiger partial charge in [-0.1, -0.05) is 18.2 Å². The van der Waals surface area contributed by atoms with E-state index in [0.29, 0.717) is 5.69 Å². The Morgan fingerprint density at radius 3 is 2.56 bits per heavy atom. The minimum atomic E-state index is -0.500. The van der Waals surface area contributed by atoms with Gasteiger partial charge in [-0.3, -0.25) is 24.8 Å². The van der Waals surface area contributed by atoms with Crippen LogP contribution >= 0.6 is 12.2 Å². The van der Waals surface area contributed by atoms with Gasteiger partial charge in [-0.15, -0.1) is 0 Å². The van der Waals surface area contributed by atoms with E-state index in [-0.39, 0.29) is 10.7 Å². The van der Waals surface area contributed by atoms with Crippen LogP contribution in [0.15, 0.2) is 72.4 Å². The minimum absolute atomic E-state index is 0.0399. The highest BCUT2D eigenvalue weighted by Crippen LogP contribution is 2.27. The standard InChI is InChI=1S/C27H22N4O2S/c1-16-6-4-8-21(12-16)31-26(33)23(25(32)29-27(31)34)15-20-13-17(2)30(18(20)3)22-9-10-24-19(14-22)7-5-11-28-24/h4-15H,1-3H3,(H,29,32,34)/b23-15+. The van der Waals surface area contributed by atoms with Gasteiger partial charge in [0.15, 0.2) is 5.11 Å². The Morgan fingerprint density at radius 2 is 1.76 bits per heavy atom. The molecule has 1 saturated heterocycles. The lowest BCUT2D eigenvalue weighted by atomic mass is 10.1. The van der Waals surface area contributed by atoms with Crippen molar-refractivity contribution in [3.05, 3.63) is 94.9 Å². The van der Waals surface area contributed by atoms with Gasteiger partial charge in [0.1, 0.15) is 5.57 Å². The molecule has 4 aromatic rings. The summed E-state index contributed by atoms with van der Waals surface area (Å²) in [5, 5.41) is 3.77. The summed E-state index contributed by atoms with van der Waals surface area (Å²) in [6.07, 6.45) is 3.42. The number of hydrogen-bond acceptors (Lipinski definition) is 4. The average Bonchev–Trinajstić information content (AvgIpc) is 3.09. The molecule has 7 heteroatoms. The number of rotatable bonds is 3. The first-order valence-electron chi connectivity index (χ1n) is 10.9. The second kappa shape index (κ2) is 8.35. The fourth-order valence-electron chi connectivity index (χ4n) is 4.35. The number of aryl methyl sites for hydroxylation is 2. The zero-order chi connectivity index (χ0) is 24.0. The molecular formula is C27H22N4O2S. The van der Waals surface area contributed by atoms with Gasteiger partial charge in [0.05, 0.1) is 11.2 Å². The van der Waals surface area contributed by atoms with Gasteiger partial charge in [0, 0.05) is 28.7 Å². The van der Waals surface area contributed by atoms with Gasteiger partial charge < -0.3 is 4.57 Å². The van der Waals surface area contributed by atoms with Gasteiger partial charge >= 0.3 is 0 Å².